The number of rotatable bonds is 6. The zero-order valence-corrected chi connectivity index (χ0v) is 17.3. The van der Waals surface area contributed by atoms with Crippen LogP contribution in [-0.2, 0) is 19.3 Å². The van der Waals surface area contributed by atoms with Crippen molar-refractivity contribution in [2.45, 2.75) is 26.2 Å². The molecular formula is C18H22F3IN4O. The first-order valence-corrected chi connectivity index (χ1v) is 8.09. The number of guanidine groups is 1. The lowest BCUT2D eigenvalue weighted by atomic mass is 10.1. The Balaban J connectivity index is 0.00000364. The van der Waals surface area contributed by atoms with Gasteiger partial charge < -0.3 is 15.4 Å². The van der Waals surface area contributed by atoms with Crippen molar-refractivity contribution in [2.24, 2.45) is 4.99 Å². The molecule has 0 fully saturated rings. The summed E-state index contributed by atoms with van der Waals surface area (Å²) >= 11 is 0. The Labute approximate surface area is 173 Å². The summed E-state index contributed by atoms with van der Waals surface area (Å²) in [6, 6.07) is 8.68. The molecule has 27 heavy (non-hydrogen) atoms. The van der Waals surface area contributed by atoms with Gasteiger partial charge in [0.05, 0.1) is 19.2 Å². The van der Waals surface area contributed by atoms with E-state index in [0.29, 0.717) is 31.5 Å². The molecule has 1 aromatic carbocycles. The van der Waals surface area contributed by atoms with Crippen molar-refractivity contribution in [1.82, 2.24) is 15.6 Å². The van der Waals surface area contributed by atoms with Crippen LogP contribution in [0.4, 0.5) is 13.2 Å². The van der Waals surface area contributed by atoms with Crippen molar-refractivity contribution in [2.75, 3.05) is 13.7 Å². The first-order chi connectivity index (χ1) is 12.4. The Bertz CT molecular complexity index is 736. The molecule has 1 heterocycles. The van der Waals surface area contributed by atoms with Crippen LogP contribution in [0.15, 0.2) is 47.6 Å². The normalized spacial score (nSPS) is 11.5. The molecule has 0 amide bonds. The van der Waals surface area contributed by atoms with Gasteiger partial charge in [0.2, 0.25) is 5.88 Å². The molecule has 0 aliphatic heterocycles. The van der Waals surface area contributed by atoms with Crippen LogP contribution in [0.25, 0.3) is 0 Å². The molecule has 0 unspecified atom stereocenters. The third-order valence-electron chi connectivity index (χ3n) is 3.51. The smallest absolute Gasteiger partial charge is 0.416 e. The van der Waals surface area contributed by atoms with Crippen LogP contribution in [0.1, 0.15) is 23.6 Å². The van der Waals surface area contributed by atoms with Crippen molar-refractivity contribution in [3.8, 4) is 5.88 Å². The first-order valence-electron chi connectivity index (χ1n) is 8.09. The Morgan fingerprint density at radius 1 is 1.11 bits per heavy atom. The number of nitrogens with zero attached hydrogens (tertiary/aromatic N) is 2. The zero-order chi connectivity index (χ0) is 19.0. The molecule has 0 radical (unpaired) electrons. The summed E-state index contributed by atoms with van der Waals surface area (Å²) in [5.41, 5.74) is 1.01. The molecule has 2 N–H and O–H groups in total. The minimum atomic E-state index is -4.33. The Morgan fingerprint density at radius 2 is 1.81 bits per heavy atom. The minimum Gasteiger partial charge on any atom is -0.481 e. The number of methoxy groups -OCH3 is 1. The maximum absolute atomic E-state index is 12.6. The maximum Gasteiger partial charge on any atom is 0.416 e. The first kappa shape index (κ1) is 23.0. The number of nitrogens with one attached hydrogen (secondary N) is 2. The van der Waals surface area contributed by atoms with E-state index in [9.17, 15) is 13.2 Å². The van der Waals surface area contributed by atoms with Crippen molar-refractivity contribution in [3.05, 3.63) is 59.3 Å². The lowest BCUT2D eigenvalue weighted by molar-refractivity contribution is -0.137. The summed E-state index contributed by atoms with van der Waals surface area (Å²) in [6.07, 6.45) is -2.68. The number of benzene rings is 1. The van der Waals surface area contributed by atoms with Gasteiger partial charge in [-0.2, -0.15) is 13.2 Å². The maximum atomic E-state index is 12.6. The highest BCUT2D eigenvalue weighted by Gasteiger charge is 2.29. The second-order valence-electron chi connectivity index (χ2n) is 5.45. The predicted molar refractivity (Wildman–Crippen MR) is 109 cm³/mol. The number of aliphatic imine (C=N–C) groups is 1. The number of pyridine rings is 1. The van der Waals surface area contributed by atoms with Gasteiger partial charge in [-0.25, -0.2) is 9.98 Å². The number of hydrogen-bond donors (Lipinski definition) is 2. The van der Waals surface area contributed by atoms with Crippen LogP contribution in [-0.4, -0.2) is 24.6 Å². The van der Waals surface area contributed by atoms with E-state index in [1.165, 1.54) is 12.1 Å². The van der Waals surface area contributed by atoms with Crippen LogP contribution in [0.3, 0.4) is 0 Å². The molecule has 0 bridgehead atoms. The topological polar surface area (TPSA) is 58.5 Å². The predicted octanol–water partition coefficient (Wildman–Crippen LogP) is 3.98. The molecular weight excluding hydrogens is 472 g/mol. The van der Waals surface area contributed by atoms with E-state index < -0.39 is 11.7 Å². The standard InChI is InChI=1S/C18H21F3N4O.HI/c1-3-22-17(25-12-14-8-9-23-16(10-14)26-2)24-11-13-4-6-15(7-5-13)18(19,20)21;/h4-10H,3,11-12H2,1-2H3,(H2,22,24,25);1H. The summed E-state index contributed by atoms with van der Waals surface area (Å²) in [4.78, 5) is 8.50. The quantitative estimate of drug-likeness (QED) is 0.363. The lowest BCUT2D eigenvalue weighted by Crippen LogP contribution is -2.36. The second kappa shape index (κ2) is 11.0. The van der Waals surface area contributed by atoms with Crippen molar-refractivity contribution >= 4 is 29.9 Å². The summed E-state index contributed by atoms with van der Waals surface area (Å²) in [6.45, 7) is 3.38. The Morgan fingerprint density at radius 3 is 2.41 bits per heavy atom. The average Bonchev–Trinajstić information content (AvgIpc) is 2.64. The van der Waals surface area contributed by atoms with Crippen LogP contribution < -0.4 is 15.4 Å². The SMILES string of the molecule is CCNC(=NCc1ccnc(OC)c1)NCc1ccc(C(F)(F)F)cc1.I. The molecule has 148 valence electrons. The van der Waals surface area contributed by atoms with E-state index in [1.54, 1.807) is 19.4 Å². The van der Waals surface area contributed by atoms with Crippen LogP contribution in [0.2, 0.25) is 0 Å². The van der Waals surface area contributed by atoms with E-state index in [1.807, 2.05) is 13.0 Å². The van der Waals surface area contributed by atoms with Gasteiger partial charge in [0, 0.05) is 25.4 Å². The number of hydrogen-bond acceptors (Lipinski definition) is 3. The molecule has 0 saturated heterocycles. The molecule has 0 aliphatic rings. The highest BCUT2D eigenvalue weighted by molar-refractivity contribution is 14.0. The molecule has 0 spiro atoms. The molecule has 2 rings (SSSR count). The Kier molecular flexibility index (Phi) is 9.33. The number of halogens is 4. The second-order valence-corrected chi connectivity index (χ2v) is 5.45. The van der Waals surface area contributed by atoms with Gasteiger partial charge in [0.15, 0.2) is 5.96 Å². The fraction of sp³-hybridized carbons (Fsp3) is 0.333. The van der Waals surface area contributed by atoms with Crippen molar-refractivity contribution in [1.29, 1.82) is 0 Å². The molecule has 0 saturated carbocycles. The van der Waals surface area contributed by atoms with Gasteiger partial charge in [0.25, 0.3) is 0 Å². The highest BCUT2D eigenvalue weighted by Crippen LogP contribution is 2.29. The summed E-state index contributed by atoms with van der Waals surface area (Å²) in [5, 5.41) is 6.20. The van der Waals surface area contributed by atoms with Gasteiger partial charge in [-0.1, -0.05) is 12.1 Å². The van der Waals surface area contributed by atoms with E-state index in [4.69, 9.17) is 4.74 Å². The van der Waals surface area contributed by atoms with Crippen molar-refractivity contribution in [3.63, 3.8) is 0 Å². The summed E-state index contributed by atoms with van der Waals surface area (Å²) < 4.78 is 42.9. The molecule has 9 heteroatoms. The van der Waals surface area contributed by atoms with Gasteiger partial charge in [-0.15, -0.1) is 24.0 Å². The van der Waals surface area contributed by atoms with Gasteiger partial charge in [-0.05, 0) is 36.2 Å². The largest absolute Gasteiger partial charge is 0.481 e. The molecule has 5 nitrogen and oxygen atoms in total. The fourth-order valence-electron chi connectivity index (χ4n) is 2.17. The summed E-state index contributed by atoms with van der Waals surface area (Å²) in [5.74, 6) is 1.09. The monoisotopic (exact) mass is 494 g/mol. The number of aromatic nitrogens is 1. The average molecular weight is 494 g/mol. The van der Waals surface area contributed by atoms with Gasteiger partial charge in [-0.3, -0.25) is 0 Å². The van der Waals surface area contributed by atoms with Crippen LogP contribution >= 0.6 is 24.0 Å². The molecule has 0 aliphatic carbocycles. The Hall–Kier alpha value is -2.04. The van der Waals surface area contributed by atoms with Crippen molar-refractivity contribution < 1.29 is 17.9 Å². The third kappa shape index (κ3) is 7.61. The minimum absolute atomic E-state index is 0. The molecule has 0 atom stereocenters. The zero-order valence-electron chi connectivity index (χ0n) is 15.0. The van der Waals surface area contributed by atoms with Gasteiger partial charge >= 0.3 is 6.18 Å². The van der Waals surface area contributed by atoms with E-state index in [2.05, 4.69) is 20.6 Å². The van der Waals surface area contributed by atoms with E-state index >= 15 is 0 Å². The highest BCUT2D eigenvalue weighted by atomic mass is 127. The summed E-state index contributed by atoms with van der Waals surface area (Å²) in [7, 11) is 1.55. The van der Waals surface area contributed by atoms with Crippen LogP contribution in [0.5, 0.6) is 5.88 Å². The molecule has 2 aromatic rings. The fourth-order valence-corrected chi connectivity index (χ4v) is 2.17. The molecule has 1 aromatic heterocycles. The van der Waals surface area contributed by atoms with E-state index in [-0.39, 0.29) is 24.0 Å². The third-order valence-corrected chi connectivity index (χ3v) is 3.51. The number of ether oxygens (including phenoxy) is 1. The van der Waals surface area contributed by atoms with Gasteiger partial charge in [0.1, 0.15) is 0 Å². The lowest BCUT2D eigenvalue weighted by Gasteiger charge is -2.12. The van der Waals surface area contributed by atoms with E-state index in [0.717, 1.165) is 23.3 Å². The number of alkyl halides is 3. The van der Waals surface area contributed by atoms with Crippen LogP contribution in [0, 0.1) is 0 Å².